The molecule has 1 unspecified atom stereocenters. The lowest BCUT2D eigenvalue weighted by molar-refractivity contribution is 0.0739. The first-order valence-corrected chi connectivity index (χ1v) is 9.48. The summed E-state index contributed by atoms with van der Waals surface area (Å²) in [6, 6.07) is 19.5. The summed E-state index contributed by atoms with van der Waals surface area (Å²) in [6.07, 6.45) is 6.01. The Bertz CT molecular complexity index is 1030. The highest BCUT2D eigenvalue weighted by molar-refractivity contribution is 6.30. The minimum Gasteiger partial charge on any atom is -0.471 e. The van der Waals surface area contributed by atoms with E-state index in [4.69, 9.17) is 16.3 Å². The highest BCUT2D eigenvalue weighted by atomic mass is 35.5. The lowest BCUT2D eigenvalue weighted by Crippen LogP contribution is -2.37. The molecule has 0 N–H and O–H groups in total. The van der Waals surface area contributed by atoms with Gasteiger partial charge in [-0.15, -0.1) is 0 Å². The zero-order valence-corrected chi connectivity index (χ0v) is 16.2. The first-order valence-electron chi connectivity index (χ1n) is 9.10. The molecular formula is C24H19ClN2O. The Kier molecular flexibility index (Phi) is 5.32. The van der Waals surface area contributed by atoms with Crippen LogP contribution < -0.4 is 4.74 Å². The summed E-state index contributed by atoms with van der Waals surface area (Å²) in [5.74, 6) is 7.09. The number of aromatic nitrogens is 1. The molecule has 1 aromatic heterocycles. The Morgan fingerprint density at radius 1 is 0.964 bits per heavy atom. The number of benzene rings is 2. The number of hydrogen-bond acceptors (Lipinski definition) is 3. The Hall–Kier alpha value is -3.22. The van der Waals surface area contributed by atoms with Gasteiger partial charge in [0, 0.05) is 35.1 Å². The van der Waals surface area contributed by atoms with Crippen LogP contribution in [0.2, 0.25) is 5.02 Å². The van der Waals surface area contributed by atoms with E-state index in [0.29, 0.717) is 0 Å². The fourth-order valence-electron chi connectivity index (χ4n) is 2.80. The molecule has 0 spiro atoms. The summed E-state index contributed by atoms with van der Waals surface area (Å²) in [7, 11) is 0. The summed E-state index contributed by atoms with van der Waals surface area (Å²) in [6.45, 7) is 2.98. The van der Waals surface area contributed by atoms with E-state index in [1.807, 2.05) is 80.0 Å². The fraction of sp³-hybridized carbons (Fsp3) is 0.125. The van der Waals surface area contributed by atoms with E-state index in [1.165, 1.54) is 0 Å². The van der Waals surface area contributed by atoms with Gasteiger partial charge in [0.15, 0.2) is 6.23 Å². The van der Waals surface area contributed by atoms with Gasteiger partial charge < -0.3 is 9.64 Å². The Morgan fingerprint density at radius 2 is 1.68 bits per heavy atom. The van der Waals surface area contributed by atoms with Crippen molar-refractivity contribution in [2.75, 3.05) is 6.54 Å². The quantitative estimate of drug-likeness (QED) is 0.565. The van der Waals surface area contributed by atoms with Gasteiger partial charge in [0.1, 0.15) is 11.4 Å². The average Bonchev–Trinajstić information content (AvgIpc) is 2.67. The van der Waals surface area contributed by atoms with Gasteiger partial charge in [-0.05, 0) is 66.9 Å². The molecular weight excluding hydrogens is 368 g/mol. The Balaban J connectivity index is 1.40. The summed E-state index contributed by atoms with van der Waals surface area (Å²) in [4.78, 5) is 6.57. The van der Waals surface area contributed by atoms with E-state index < -0.39 is 0 Å². The second-order valence-electron chi connectivity index (χ2n) is 6.51. The van der Waals surface area contributed by atoms with Crippen molar-refractivity contribution in [3.05, 3.63) is 95.4 Å². The predicted octanol–water partition coefficient (Wildman–Crippen LogP) is 5.36. The number of pyridine rings is 1. The number of rotatable bonds is 4. The minimum absolute atomic E-state index is 0.0327. The molecule has 3 aromatic rings. The lowest BCUT2D eigenvalue weighted by atomic mass is 10.1. The second kappa shape index (κ2) is 8.21. The van der Waals surface area contributed by atoms with Crippen molar-refractivity contribution in [1.82, 2.24) is 9.88 Å². The molecule has 1 aliphatic rings. The summed E-state index contributed by atoms with van der Waals surface area (Å²) >= 11 is 5.93. The molecule has 0 aliphatic carbocycles. The first kappa shape index (κ1) is 18.2. The number of nitrogens with zero attached hydrogens (tertiary/aromatic N) is 2. The van der Waals surface area contributed by atoms with Gasteiger partial charge in [-0.1, -0.05) is 35.7 Å². The Morgan fingerprint density at radius 3 is 2.29 bits per heavy atom. The van der Waals surface area contributed by atoms with Crippen LogP contribution in [0.4, 0.5) is 0 Å². The predicted molar refractivity (Wildman–Crippen MR) is 113 cm³/mol. The lowest BCUT2D eigenvalue weighted by Gasteiger charge is -2.31. The Labute approximate surface area is 170 Å². The molecule has 0 amide bonds. The van der Waals surface area contributed by atoms with Gasteiger partial charge in [0.25, 0.3) is 0 Å². The van der Waals surface area contributed by atoms with E-state index in [9.17, 15) is 0 Å². The third kappa shape index (κ3) is 4.36. The molecule has 2 aromatic carbocycles. The van der Waals surface area contributed by atoms with Gasteiger partial charge in [-0.25, -0.2) is 4.98 Å². The van der Waals surface area contributed by atoms with Crippen LogP contribution in [0, 0.1) is 11.8 Å². The van der Waals surface area contributed by atoms with Crippen molar-refractivity contribution in [3.63, 3.8) is 0 Å². The topological polar surface area (TPSA) is 25.4 Å². The smallest absolute Gasteiger partial charge is 0.169 e. The van der Waals surface area contributed by atoms with Gasteiger partial charge in [0.05, 0.1) is 0 Å². The van der Waals surface area contributed by atoms with E-state index in [1.54, 1.807) is 0 Å². The first-order chi connectivity index (χ1) is 13.7. The van der Waals surface area contributed by atoms with Crippen molar-refractivity contribution in [2.24, 2.45) is 0 Å². The van der Waals surface area contributed by atoms with Crippen LogP contribution in [-0.4, -0.2) is 22.7 Å². The van der Waals surface area contributed by atoms with Crippen LogP contribution in [0.15, 0.2) is 79.1 Å². The monoisotopic (exact) mass is 386 g/mol. The van der Waals surface area contributed by atoms with Gasteiger partial charge in [0.2, 0.25) is 0 Å². The van der Waals surface area contributed by atoms with Gasteiger partial charge >= 0.3 is 0 Å². The molecule has 3 nitrogen and oxygen atoms in total. The number of ether oxygens (including phenoxy) is 1. The van der Waals surface area contributed by atoms with Crippen molar-refractivity contribution >= 4 is 11.6 Å². The number of halogens is 1. The summed E-state index contributed by atoms with van der Waals surface area (Å²) < 4.78 is 5.90. The summed E-state index contributed by atoms with van der Waals surface area (Å²) in [5.41, 5.74) is 3.77. The fourth-order valence-corrected chi connectivity index (χ4v) is 2.92. The van der Waals surface area contributed by atoms with E-state index in [2.05, 4.69) is 27.8 Å². The van der Waals surface area contributed by atoms with Crippen molar-refractivity contribution < 1.29 is 4.74 Å². The molecule has 0 saturated heterocycles. The van der Waals surface area contributed by atoms with Crippen molar-refractivity contribution in [2.45, 2.75) is 13.2 Å². The van der Waals surface area contributed by atoms with E-state index >= 15 is 0 Å². The molecule has 28 heavy (non-hydrogen) atoms. The standard InChI is InChI=1S/C24H19ClN2O/c1-18(27-15-2-16-27)28-24-13-4-19(5-14-24)3-11-23-12-8-21(17-26-23)20-6-9-22(25)10-7-20/h2,4-10,12-15,17-18H,16H2,1H3. The molecule has 0 bridgehead atoms. The molecule has 1 atom stereocenters. The molecule has 1 aliphatic heterocycles. The molecule has 0 saturated carbocycles. The third-order valence-corrected chi connectivity index (χ3v) is 4.77. The SMILES string of the molecule is CC(Oc1ccc(C#Cc2ccc(-c3ccc(Cl)cc3)cn2)cc1)N1C=CC1. The van der Waals surface area contributed by atoms with Crippen LogP contribution >= 0.6 is 11.6 Å². The molecule has 0 fully saturated rings. The molecule has 4 heteroatoms. The maximum Gasteiger partial charge on any atom is 0.169 e. The van der Waals surface area contributed by atoms with Gasteiger partial charge in [-0.2, -0.15) is 0 Å². The van der Waals surface area contributed by atoms with E-state index in [0.717, 1.165) is 39.7 Å². The zero-order chi connectivity index (χ0) is 19.3. The van der Waals surface area contributed by atoms with Crippen LogP contribution in [0.5, 0.6) is 5.75 Å². The van der Waals surface area contributed by atoms with Crippen LogP contribution in [-0.2, 0) is 0 Å². The maximum absolute atomic E-state index is 5.93. The number of hydrogen-bond donors (Lipinski definition) is 0. The molecule has 2 heterocycles. The maximum atomic E-state index is 5.93. The van der Waals surface area contributed by atoms with E-state index in [-0.39, 0.29) is 6.23 Å². The highest BCUT2D eigenvalue weighted by Crippen LogP contribution is 2.21. The average molecular weight is 387 g/mol. The second-order valence-corrected chi connectivity index (χ2v) is 6.95. The molecule has 4 rings (SSSR count). The highest BCUT2D eigenvalue weighted by Gasteiger charge is 2.14. The molecule has 0 radical (unpaired) electrons. The van der Waals surface area contributed by atoms with Crippen molar-refractivity contribution in [1.29, 1.82) is 0 Å². The van der Waals surface area contributed by atoms with Gasteiger partial charge in [-0.3, -0.25) is 0 Å². The summed E-state index contributed by atoms with van der Waals surface area (Å²) in [5, 5.41) is 0.724. The third-order valence-electron chi connectivity index (χ3n) is 4.52. The zero-order valence-electron chi connectivity index (χ0n) is 15.5. The minimum atomic E-state index is 0.0327. The van der Waals surface area contributed by atoms with Crippen LogP contribution in [0.3, 0.4) is 0 Å². The molecule has 138 valence electrons. The largest absolute Gasteiger partial charge is 0.471 e. The van der Waals surface area contributed by atoms with Crippen molar-refractivity contribution in [3.8, 4) is 28.7 Å². The van der Waals surface area contributed by atoms with Crippen LogP contribution in [0.1, 0.15) is 18.2 Å². The normalized spacial score (nSPS) is 13.3. The van der Waals surface area contributed by atoms with Crippen LogP contribution in [0.25, 0.3) is 11.1 Å².